The molecule has 0 bridgehead atoms. The Morgan fingerprint density at radius 1 is 1.12 bits per heavy atom. The number of benzene rings is 1. The van der Waals surface area contributed by atoms with Gasteiger partial charge in [-0.1, -0.05) is 0 Å². The van der Waals surface area contributed by atoms with Crippen LogP contribution in [-0.2, 0) is 4.79 Å². The maximum absolute atomic E-state index is 12.7. The van der Waals surface area contributed by atoms with Crippen LogP contribution in [-0.4, -0.2) is 50.1 Å². The molecule has 0 radical (unpaired) electrons. The van der Waals surface area contributed by atoms with Gasteiger partial charge in [0.1, 0.15) is 0 Å². The van der Waals surface area contributed by atoms with Crippen LogP contribution in [0.15, 0.2) is 18.2 Å². The molecule has 132 valence electrons. The lowest BCUT2D eigenvalue weighted by Gasteiger charge is -2.31. The number of nitrogens with zero attached hydrogens (tertiary/aromatic N) is 1. The van der Waals surface area contributed by atoms with Crippen LogP contribution < -0.4 is 14.8 Å². The van der Waals surface area contributed by atoms with Crippen molar-refractivity contribution < 1.29 is 19.1 Å². The van der Waals surface area contributed by atoms with E-state index in [-0.39, 0.29) is 17.7 Å². The minimum absolute atomic E-state index is 0.00151. The van der Waals surface area contributed by atoms with E-state index in [0.29, 0.717) is 56.2 Å². The van der Waals surface area contributed by atoms with Crippen LogP contribution in [0.2, 0.25) is 0 Å². The Bertz CT molecular complexity index is 580. The van der Waals surface area contributed by atoms with Gasteiger partial charge < -0.3 is 19.7 Å². The van der Waals surface area contributed by atoms with Crippen LogP contribution in [0.3, 0.4) is 0 Å². The van der Waals surface area contributed by atoms with Gasteiger partial charge in [-0.2, -0.15) is 0 Å². The predicted molar refractivity (Wildman–Crippen MR) is 91.5 cm³/mol. The third-order valence-corrected chi connectivity index (χ3v) is 4.19. The van der Waals surface area contributed by atoms with Crippen molar-refractivity contribution in [1.82, 2.24) is 10.2 Å². The highest BCUT2D eigenvalue weighted by Crippen LogP contribution is 2.29. The van der Waals surface area contributed by atoms with E-state index in [9.17, 15) is 9.59 Å². The number of carbonyl (C=O) groups is 2. The normalized spacial score (nSPS) is 15.0. The lowest BCUT2D eigenvalue weighted by molar-refractivity contribution is -0.125. The Labute approximate surface area is 143 Å². The van der Waals surface area contributed by atoms with E-state index in [2.05, 4.69) is 5.32 Å². The van der Waals surface area contributed by atoms with Gasteiger partial charge in [0.2, 0.25) is 5.91 Å². The Morgan fingerprint density at radius 3 is 2.33 bits per heavy atom. The Hall–Kier alpha value is -2.24. The van der Waals surface area contributed by atoms with E-state index in [4.69, 9.17) is 9.47 Å². The zero-order chi connectivity index (χ0) is 17.5. The number of ether oxygens (including phenoxy) is 2. The highest BCUT2D eigenvalue weighted by Gasteiger charge is 2.27. The van der Waals surface area contributed by atoms with E-state index in [0.717, 1.165) is 0 Å². The molecule has 0 unspecified atom stereocenters. The monoisotopic (exact) mass is 334 g/mol. The maximum Gasteiger partial charge on any atom is 0.253 e. The van der Waals surface area contributed by atoms with E-state index < -0.39 is 0 Å². The molecule has 2 amide bonds. The molecule has 1 aliphatic heterocycles. The second-order valence-corrected chi connectivity index (χ2v) is 5.71. The van der Waals surface area contributed by atoms with E-state index in [1.165, 1.54) is 0 Å². The Balaban J connectivity index is 2.07. The smallest absolute Gasteiger partial charge is 0.253 e. The van der Waals surface area contributed by atoms with Crippen molar-refractivity contribution in [3.05, 3.63) is 23.8 Å². The second kappa shape index (κ2) is 8.57. The van der Waals surface area contributed by atoms with Crippen molar-refractivity contribution in [3.8, 4) is 11.5 Å². The van der Waals surface area contributed by atoms with Gasteiger partial charge in [0.25, 0.3) is 5.91 Å². The zero-order valence-electron chi connectivity index (χ0n) is 14.6. The van der Waals surface area contributed by atoms with Crippen molar-refractivity contribution in [3.63, 3.8) is 0 Å². The molecule has 1 fully saturated rings. The summed E-state index contributed by atoms with van der Waals surface area (Å²) in [5.74, 6) is 1.26. The first-order chi connectivity index (χ1) is 11.6. The number of nitrogens with one attached hydrogen (secondary N) is 1. The molecule has 0 spiro atoms. The first-order valence-electron chi connectivity index (χ1n) is 8.51. The fourth-order valence-corrected chi connectivity index (χ4v) is 2.92. The molecule has 0 aromatic heterocycles. The number of rotatable bonds is 6. The molecule has 0 atom stereocenters. The highest BCUT2D eigenvalue weighted by atomic mass is 16.5. The van der Waals surface area contributed by atoms with Crippen molar-refractivity contribution in [2.45, 2.75) is 26.7 Å². The Morgan fingerprint density at radius 2 is 1.75 bits per heavy atom. The number of amides is 2. The summed E-state index contributed by atoms with van der Waals surface area (Å²) in [6.45, 7) is 6.04. The standard InChI is InChI=1S/C18H26N2O4/c1-4-23-15-7-6-14(12-16(15)24-5-2)18(22)20-10-8-13(9-11-20)17(21)19-3/h6-7,12-13H,4-5,8-11H2,1-3H3,(H,19,21). The molecule has 1 saturated heterocycles. The van der Waals surface area contributed by atoms with Gasteiger partial charge in [-0.25, -0.2) is 0 Å². The molecule has 1 aliphatic rings. The average molecular weight is 334 g/mol. The van der Waals surface area contributed by atoms with Gasteiger partial charge in [0.15, 0.2) is 11.5 Å². The second-order valence-electron chi connectivity index (χ2n) is 5.71. The quantitative estimate of drug-likeness (QED) is 0.865. The number of hydrogen-bond donors (Lipinski definition) is 1. The van der Waals surface area contributed by atoms with Gasteiger partial charge in [0.05, 0.1) is 13.2 Å². The molecule has 2 rings (SSSR count). The van der Waals surface area contributed by atoms with Gasteiger partial charge in [-0.05, 0) is 44.9 Å². The molecule has 1 aromatic carbocycles. The molecular weight excluding hydrogens is 308 g/mol. The highest BCUT2D eigenvalue weighted by molar-refractivity contribution is 5.95. The van der Waals surface area contributed by atoms with Crippen molar-refractivity contribution in [2.24, 2.45) is 5.92 Å². The maximum atomic E-state index is 12.7. The number of carbonyl (C=O) groups excluding carboxylic acids is 2. The first-order valence-corrected chi connectivity index (χ1v) is 8.51. The number of hydrogen-bond acceptors (Lipinski definition) is 4. The number of likely N-dealkylation sites (tertiary alicyclic amines) is 1. The van der Waals surface area contributed by atoms with Crippen LogP contribution in [0.5, 0.6) is 11.5 Å². The largest absolute Gasteiger partial charge is 0.490 e. The summed E-state index contributed by atoms with van der Waals surface area (Å²) in [6.07, 6.45) is 1.39. The molecule has 24 heavy (non-hydrogen) atoms. The van der Waals surface area contributed by atoms with Crippen molar-refractivity contribution in [1.29, 1.82) is 0 Å². The lowest BCUT2D eigenvalue weighted by atomic mass is 9.95. The minimum atomic E-state index is -0.0330. The molecule has 1 aromatic rings. The van der Waals surface area contributed by atoms with Crippen LogP contribution in [0.25, 0.3) is 0 Å². The fraction of sp³-hybridized carbons (Fsp3) is 0.556. The SMILES string of the molecule is CCOc1ccc(C(=O)N2CCC(C(=O)NC)CC2)cc1OCC. The van der Waals surface area contributed by atoms with Crippen LogP contribution in [0, 0.1) is 5.92 Å². The lowest BCUT2D eigenvalue weighted by Crippen LogP contribution is -2.42. The first kappa shape index (κ1) is 18.1. The van der Waals surface area contributed by atoms with Crippen LogP contribution in [0.1, 0.15) is 37.0 Å². The topological polar surface area (TPSA) is 67.9 Å². The number of piperidine rings is 1. The predicted octanol–water partition coefficient (Wildman–Crippen LogP) is 2.08. The third-order valence-electron chi connectivity index (χ3n) is 4.19. The summed E-state index contributed by atoms with van der Waals surface area (Å²) in [6, 6.07) is 5.28. The third kappa shape index (κ3) is 4.19. The molecule has 1 N–H and O–H groups in total. The summed E-state index contributed by atoms with van der Waals surface area (Å²) in [5.41, 5.74) is 0.584. The Kier molecular flexibility index (Phi) is 6.46. The molecule has 6 nitrogen and oxygen atoms in total. The summed E-state index contributed by atoms with van der Waals surface area (Å²) in [4.78, 5) is 26.2. The van der Waals surface area contributed by atoms with E-state index >= 15 is 0 Å². The summed E-state index contributed by atoms with van der Waals surface area (Å²) in [7, 11) is 1.65. The van der Waals surface area contributed by atoms with Gasteiger partial charge in [-0.3, -0.25) is 9.59 Å². The minimum Gasteiger partial charge on any atom is -0.490 e. The van der Waals surface area contributed by atoms with Gasteiger partial charge in [-0.15, -0.1) is 0 Å². The zero-order valence-corrected chi connectivity index (χ0v) is 14.6. The average Bonchev–Trinajstić information content (AvgIpc) is 2.62. The molecule has 1 heterocycles. The molecule has 0 saturated carbocycles. The summed E-state index contributed by atoms with van der Waals surface area (Å²) in [5, 5.41) is 2.68. The summed E-state index contributed by atoms with van der Waals surface area (Å²) >= 11 is 0. The summed E-state index contributed by atoms with van der Waals surface area (Å²) < 4.78 is 11.1. The fourth-order valence-electron chi connectivity index (χ4n) is 2.92. The van der Waals surface area contributed by atoms with Crippen molar-refractivity contribution in [2.75, 3.05) is 33.4 Å². The van der Waals surface area contributed by atoms with Gasteiger partial charge >= 0.3 is 0 Å². The van der Waals surface area contributed by atoms with Crippen LogP contribution in [0.4, 0.5) is 0 Å². The molecular formula is C18H26N2O4. The van der Waals surface area contributed by atoms with Gasteiger partial charge in [0, 0.05) is 31.6 Å². The van der Waals surface area contributed by atoms with Crippen molar-refractivity contribution >= 4 is 11.8 Å². The molecule has 0 aliphatic carbocycles. The van der Waals surface area contributed by atoms with E-state index in [1.807, 2.05) is 13.8 Å². The molecule has 6 heteroatoms. The van der Waals surface area contributed by atoms with Crippen LogP contribution >= 0.6 is 0 Å². The van der Waals surface area contributed by atoms with E-state index in [1.54, 1.807) is 30.1 Å².